The van der Waals surface area contributed by atoms with Gasteiger partial charge in [0, 0.05) is 11.1 Å². The van der Waals surface area contributed by atoms with Gasteiger partial charge in [0.1, 0.15) is 11.8 Å². The fourth-order valence-electron chi connectivity index (χ4n) is 3.81. The standard InChI is InChI=1S/C28H31NO5S.Li.H/c1-19-8-4-6-10-22(19)24-16-20(17-34-18-21-9-5-7-11-26(21)33-2)12-13-23(24)27(30)29-25(28(31)32)14-15-35-3;;/h4-13,16,25H,14-15,17-18H2,1-3H3,(H,29,30)(H,31,32);;/q;+1;-1. The van der Waals surface area contributed by atoms with Gasteiger partial charge in [0.15, 0.2) is 0 Å². The molecule has 1 atom stereocenters. The molecule has 0 aromatic heterocycles. The second-order valence-electron chi connectivity index (χ2n) is 8.15. The van der Waals surface area contributed by atoms with E-state index in [0.717, 1.165) is 33.6 Å². The molecule has 0 radical (unpaired) electrons. The van der Waals surface area contributed by atoms with Gasteiger partial charge in [0.05, 0.1) is 20.3 Å². The van der Waals surface area contributed by atoms with Crippen LogP contribution in [0.25, 0.3) is 11.1 Å². The minimum absolute atomic E-state index is 0. The van der Waals surface area contributed by atoms with E-state index in [4.69, 9.17) is 9.47 Å². The van der Waals surface area contributed by atoms with Gasteiger partial charge in [-0.15, -0.1) is 0 Å². The number of aryl methyl sites for hydroxylation is 1. The SMILES string of the molecule is COc1ccccc1COCc1ccc(C(=O)NC(CCSC)C(=O)O)c(-c2ccccc2C)c1.[H-].[Li+]. The van der Waals surface area contributed by atoms with Crippen LogP contribution in [0, 0.1) is 6.92 Å². The second kappa shape index (κ2) is 14.8. The number of carboxylic acids is 1. The Balaban J connectivity index is 0.00000342. The number of hydrogen-bond donors (Lipinski definition) is 2. The van der Waals surface area contributed by atoms with E-state index in [1.165, 1.54) is 0 Å². The van der Waals surface area contributed by atoms with Gasteiger partial charge in [-0.3, -0.25) is 4.79 Å². The van der Waals surface area contributed by atoms with Crippen LogP contribution < -0.4 is 28.9 Å². The molecule has 0 spiro atoms. The largest absolute Gasteiger partial charge is 1.00 e. The molecule has 3 rings (SSSR count). The van der Waals surface area contributed by atoms with Crippen molar-refractivity contribution >= 4 is 23.6 Å². The van der Waals surface area contributed by atoms with E-state index < -0.39 is 17.9 Å². The van der Waals surface area contributed by atoms with Gasteiger partial charge in [-0.05, 0) is 65.8 Å². The van der Waals surface area contributed by atoms with Gasteiger partial charge >= 0.3 is 24.8 Å². The maximum absolute atomic E-state index is 13.2. The van der Waals surface area contributed by atoms with E-state index in [9.17, 15) is 14.7 Å². The number of carboxylic acid groups (broad SMARTS) is 1. The number of carbonyl (C=O) groups is 2. The van der Waals surface area contributed by atoms with Gasteiger partial charge in [-0.25, -0.2) is 4.79 Å². The molecule has 0 bridgehead atoms. The van der Waals surface area contributed by atoms with Crippen LogP contribution in [-0.4, -0.2) is 42.1 Å². The van der Waals surface area contributed by atoms with Crippen LogP contribution in [0.15, 0.2) is 66.7 Å². The number of ether oxygens (including phenoxy) is 2. The van der Waals surface area contributed by atoms with Crippen LogP contribution in [0.4, 0.5) is 0 Å². The van der Waals surface area contributed by atoms with Crippen LogP contribution in [0.1, 0.15) is 34.9 Å². The van der Waals surface area contributed by atoms with Crippen LogP contribution in [0.5, 0.6) is 5.75 Å². The molecule has 6 nitrogen and oxygen atoms in total. The molecule has 3 aromatic carbocycles. The molecule has 0 saturated heterocycles. The quantitative estimate of drug-likeness (QED) is 0.371. The number of hydrogen-bond acceptors (Lipinski definition) is 5. The van der Waals surface area contributed by atoms with Crippen LogP contribution in [0.3, 0.4) is 0 Å². The van der Waals surface area contributed by atoms with Crippen molar-refractivity contribution in [1.29, 1.82) is 0 Å². The Hall–Kier alpha value is -2.69. The Bertz CT molecular complexity index is 1180. The van der Waals surface area contributed by atoms with Gasteiger partial charge in [-0.2, -0.15) is 11.8 Å². The molecule has 0 aliphatic rings. The molecule has 2 N–H and O–H groups in total. The predicted octanol–water partition coefficient (Wildman–Crippen LogP) is 2.44. The van der Waals surface area contributed by atoms with E-state index in [0.29, 0.717) is 31.0 Å². The molecule has 0 aliphatic carbocycles. The normalized spacial score (nSPS) is 11.3. The number of amides is 1. The zero-order valence-corrected chi connectivity index (χ0v) is 22.1. The average Bonchev–Trinajstić information content (AvgIpc) is 2.86. The zero-order valence-electron chi connectivity index (χ0n) is 22.2. The Labute approximate surface area is 230 Å². The summed E-state index contributed by atoms with van der Waals surface area (Å²) in [6.07, 6.45) is 2.27. The van der Waals surface area contributed by atoms with Crippen molar-refractivity contribution in [2.45, 2.75) is 32.6 Å². The summed E-state index contributed by atoms with van der Waals surface area (Å²) < 4.78 is 11.3. The van der Waals surface area contributed by atoms with Crippen LogP contribution >= 0.6 is 11.8 Å². The number of carbonyl (C=O) groups excluding carboxylic acids is 1. The topological polar surface area (TPSA) is 84.9 Å². The van der Waals surface area contributed by atoms with Crippen LogP contribution in [0.2, 0.25) is 0 Å². The van der Waals surface area contributed by atoms with Crippen molar-refractivity contribution in [3.05, 3.63) is 89.0 Å². The van der Waals surface area contributed by atoms with Crippen molar-refractivity contribution in [1.82, 2.24) is 5.32 Å². The first-order valence-corrected chi connectivity index (χ1v) is 12.7. The molecular weight excluding hydrogens is 469 g/mol. The molecule has 8 heteroatoms. The summed E-state index contributed by atoms with van der Waals surface area (Å²) in [5.41, 5.74) is 4.98. The van der Waals surface area contributed by atoms with Gasteiger partial charge in [-0.1, -0.05) is 48.5 Å². The van der Waals surface area contributed by atoms with E-state index >= 15 is 0 Å². The van der Waals surface area contributed by atoms with E-state index in [2.05, 4.69) is 5.32 Å². The van der Waals surface area contributed by atoms with E-state index in [1.807, 2.05) is 73.8 Å². The Morgan fingerprint density at radius 3 is 2.44 bits per heavy atom. The molecule has 0 aliphatic heterocycles. The number of rotatable bonds is 12. The van der Waals surface area contributed by atoms with Crippen molar-refractivity contribution in [2.75, 3.05) is 19.1 Å². The summed E-state index contributed by atoms with van der Waals surface area (Å²) in [5.74, 6) is -0.0243. The number of thioether (sulfide) groups is 1. The summed E-state index contributed by atoms with van der Waals surface area (Å²) in [6.45, 7) is 2.73. The Morgan fingerprint density at radius 1 is 1.03 bits per heavy atom. The third-order valence-electron chi connectivity index (χ3n) is 5.70. The third-order valence-corrected chi connectivity index (χ3v) is 6.34. The van der Waals surface area contributed by atoms with Gasteiger partial charge < -0.3 is 21.3 Å². The molecule has 186 valence electrons. The third kappa shape index (κ3) is 7.91. The maximum Gasteiger partial charge on any atom is 1.00 e. The average molecular weight is 502 g/mol. The smallest absolute Gasteiger partial charge is 1.00 e. The Kier molecular flexibility index (Phi) is 12.1. The molecule has 0 heterocycles. The summed E-state index contributed by atoms with van der Waals surface area (Å²) >= 11 is 1.55. The molecule has 0 fully saturated rings. The fourth-order valence-corrected chi connectivity index (χ4v) is 4.28. The number of para-hydroxylation sites is 1. The number of aliphatic carboxylic acids is 1. The minimum atomic E-state index is -1.04. The van der Waals surface area contributed by atoms with E-state index in [1.54, 1.807) is 24.9 Å². The van der Waals surface area contributed by atoms with E-state index in [-0.39, 0.29) is 20.3 Å². The van der Waals surface area contributed by atoms with Crippen LogP contribution in [-0.2, 0) is 22.7 Å². The van der Waals surface area contributed by atoms with Crippen molar-refractivity contribution < 1.29 is 44.5 Å². The zero-order chi connectivity index (χ0) is 25.2. The summed E-state index contributed by atoms with van der Waals surface area (Å²) in [5, 5.41) is 12.2. The maximum atomic E-state index is 13.2. The molecule has 36 heavy (non-hydrogen) atoms. The monoisotopic (exact) mass is 501 g/mol. The first-order chi connectivity index (χ1) is 16.9. The summed E-state index contributed by atoms with van der Waals surface area (Å²) in [7, 11) is 1.63. The number of benzene rings is 3. The van der Waals surface area contributed by atoms with Gasteiger partial charge in [0.2, 0.25) is 0 Å². The molecule has 0 saturated carbocycles. The molecule has 1 unspecified atom stereocenters. The minimum Gasteiger partial charge on any atom is -1.00 e. The fraction of sp³-hybridized carbons (Fsp3) is 0.286. The summed E-state index contributed by atoms with van der Waals surface area (Å²) in [4.78, 5) is 24.8. The number of nitrogens with one attached hydrogen (secondary N) is 1. The van der Waals surface area contributed by atoms with Crippen molar-refractivity contribution in [3.63, 3.8) is 0 Å². The summed E-state index contributed by atoms with van der Waals surface area (Å²) in [6, 6.07) is 20.1. The first-order valence-electron chi connectivity index (χ1n) is 11.4. The predicted molar refractivity (Wildman–Crippen MR) is 141 cm³/mol. The van der Waals surface area contributed by atoms with Crippen molar-refractivity contribution in [2.24, 2.45) is 0 Å². The molecular formula is C28H32LiNO5S. The van der Waals surface area contributed by atoms with Crippen molar-refractivity contribution in [3.8, 4) is 16.9 Å². The molecule has 3 aromatic rings. The Morgan fingerprint density at radius 2 is 1.75 bits per heavy atom. The number of methoxy groups -OCH3 is 1. The van der Waals surface area contributed by atoms with Gasteiger partial charge in [0.25, 0.3) is 5.91 Å². The second-order valence-corrected chi connectivity index (χ2v) is 9.13. The molecule has 1 amide bonds. The first kappa shape index (κ1) is 29.5.